The SMILES string of the molecule is COC(=O)c1cc(NC(=O)C2(n3cccn3)CCNCC2)cc(C)c1C.Cl. The van der Waals surface area contributed by atoms with E-state index in [2.05, 4.69) is 15.7 Å². The highest BCUT2D eigenvalue weighted by molar-refractivity contribution is 5.99. The van der Waals surface area contributed by atoms with Crippen LogP contribution in [0, 0.1) is 13.8 Å². The number of benzene rings is 1. The molecule has 1 aromatic heterocycles. The lowest BCUT2D eigenvalue weighted by Crippen LogP contribution is -2.52. The van der Waals surface area contributed by atoms with Gasteiger partial charge in [-0.1, -0.05) is 0 Å². The number of hydrogen-bond donors (Lipinski definition) is 2. The summed E-state index contributed by atoms with van der Waals surface area (Å²) in [7, 11) is 1.35. The van der Waals surface area contributed by atoms with Gasteiger partial charge in [-0.05, 0) is 69.1 Å². The molecule has 27 heavy (non-hydrogen) atoms. The summed E-state index contributed by atoms with van der Waals surface area (Å²) in [5.41, 5.74) is 2.07. The maximum atomic E-state index is 13.2. The maximum absolute atomic E-state index is 13.2. The summed E-state index contributed by atoms with van der Waals surface area (Å²) in [6.07, 6.45) is 4.80. The number of anilines is 1. The normalized spacial score (nSPS) is 15.5. The van der Waals surface area contributed by atoms with Gasteiger partial charge in [-0.15, -0.1) is 12.4 Å². The predicted molar refractivity (Wildman–Crippen MR) is 105 cm³/mol. The number of hydrogen-bond acceptors (Lipinski definition) is 5. The van der Waals surface area contributed by atoms with Gasteiger partial charge in [-0.25, -0.2) is 4.79 Å². The van der Waals surface area contributed by atoms with E-state index in [-0.39, 0.29) is 18.3 Å². The van der Waals surface area contributed by atoms with Crippen LogP contribution in [0.4, 0.5) is 5.69 Å². The number of esters is 1. The molecule has 0 radical (unpaired) electrons. The Morgan fingerprint density at radius 1 is 1.26 bits per heavy atom. The molecule has 2 N–H and O–H groups in total. The molecule has 0 unspecified atom stereocenters. The van der Waals surface area contributed by atoms with Crippen LogP contribution in [0.5, 0.6) is 0 Å². The Balaban J connectivity index is 0.00000261. The number of piperidine rings is 1. The third-order valence-corrected chi connectivity index (χ3v) is 5.13. The highest BCUT2D eigenvalue weighted by Crippen LogP contribution is 2.29. The fraction of sp³-hybridized carbons (Fsp3) is 0.421. The van der Waals surface area contributed by atoms with Crippen LogP contribution in [0.2, 0.25) is 0 Å². The summed E-state index contributed by atoms with van der Waals surface area (Å²) in [4.78, 5) is 25.2. The van der Waals surface area contributed by atoms with Crippen LogP contribution in [-0.4, -0.2) is 41.9 Å². The zero-order valence-electron chi connectivity index (χ0n) is 15.7. The van der Waals surface area contributed by atoms with Gasteiger partial charge in [0.05, 0.1) is 12.7 Å². The number of nitrogens with one attached hydrogen (secondary N) is 2. The number of nitrogens with zero attached hydrogens (tertiary/aromatic N) is 2. The van der Waals surface area contributed by atoms with Crippen LogP contribution < -0.4 is 10.6 Å². The van der Waals surface area contributed by atoms with Crippen molar-refractivity contribution in [1.82, 2.24) is 15.1 Å². The van der Waals surface area contributed by atoms with Crippen molar-refractivity contribution in [1.29, 1.82) is 0 Å². The Morgan fingerprint density at radius 3 is 2.56 bits per heavy atom. The molecule has 1 aliphatic rings. The zero-order chi connectivity index (χ0) is 18.7. The van der Waals surface area contributed by atoms with Gasteiger partial charge in [0.15, 0.2) is 0 Å². The molecule has 0 atom stereocenters. The van der Waals surface area contributed by atoms with E-state index in [1.807, 2.05) is 32.2 Å². The standard InChI is InChI=1S/C19H24N4O3.ClH/c1-13-11-15(12-16(14(13)2)17(24)26-3)22-18(25)19(5-8-20-9-6-19)23-10-4-7-21-23;/h4,7,10-12,20H,5-6,8-9H2,1-3H3,(H,22,25);1H. The van der Waals surface area contributed by atoms with E-state index < -0.39 is 11.5 Å². The Morgan fingerprint density at radius 2 is 1.96 bits per heavy atom. The smallest absolute Gasteiger partial charge is 0.338 e. The molecule has 1 amide bonds. The van der Waals surface area contributed by atoms with Crippen LogP contribution in [0.3, 0.4) is 0 Å². The van der Waals surface area contributed by atoms with Crippen molar-refractivity contribution in [2.45, 2.75) is 32.2 Å². The van der Waals surface area contributed by atoms with Crippen molar-refractivity contribution in [3.63, 3.8) is 0 Å². The third kappa shape index (κ3) is 3.99. The first kappa shape index (κ1) is 20.9. The fourth-order valence-corrected chi connectivity index (χ4v) is 3.42. The molecule has 0 saturated carbocycles. The van der Waals surface area contributed by atoms with Gasteiger partial charge in [0.1, 0.15) is 5.54 Å². The van der Waals surface area contributed by atoms with Crippen molar-refractivity contribution >= 4 is 30.0 Å². The Labute approximate surface area is 164 Å². The Bertz CT molecular complexity index is 815. The molecular weight excluding hydrogens is 368 g/mol. The first-order valence-electron chi connectivity index (χ1n) is 8.70. The molecular formula is C19H25ClN4O3. The average molecular weight is 393 g/mol. The van der Waals surface area contributed by atoms with Gasteiger partial charge in [0, 0.05) is 18.1 Å². The van der Waals surface area contributed by atoms with E-state index >= 15 is 0 Å². The number of methoxy groups -OCH3 is 1. The third-order valence-electron chi connectivity index (χ3n) is 5.13. The van der Waals surface area contributed by atoms with Crippen molar-refractivity contribution in [3.05, 3.63) is 47.3 Å². The highest BCUT2D eigenvalue weighted by atomic mass is 35.5. The van der Waals surface area contributed by atoms with Crippen molar-refractivity contribution in [2.24, 2.45) is 0 Å². The lowest BCUT2D eigenvalue weighted by Gasteiger charge is -2.36. The molecule has 1 fully saturated rings. The quantitative estimate of drug-likeness (QED) is 0.780. The molecule has 2 heterocycles. The monoisotopic (exact) mass is 392 g/mol. The number of carbonyl (C=O) groups excluding carboxylic acids is 2. The van der Waals surface area contributed by atoms with E-state index in [9.17, 15) is 9.59 Å². The highest BCUT2D eigenvalue weighted by Gasteiger charge is 2.42. The molecule has 2 aromatic rings. The predicted octanol–water partition coefficient (Wildman–Crippen LogP) is 2.43. The van der Waals surface area contributed by atoms with E-state index in [0.29, 0.717) is 24.1 Å². The summed E-state index contributed by atoms with van der Waals surface area (Å²) >= 11 is 0. The van der Waals surface area contributed by atoms with Gasteiger partial charge in [-0.3, -0.25) is 9.48 Å². The van der Waals surface area contributed by atoms with Gasteiger partial charge < -0.3 is 15.4 Å². The first-order chi connectivity index (χ1) is 12.5. The summed E-state index contributed by atoms with van der Waals surface area (Å²) < 4.78 is 6.59. The number of aryl methyl sites for hydroxylation is 1. The molecule has 1 aliphatic heterocycles. The van der Waals surface area contributed by atoms with Crippen LogP contribution in [0.15, 0.2) is 30.6 Å². The maximum Gasteiger partial charge on any atom is 0.338 e. The van der Waals surface area contributed by atoms with Crippen LogP contribution >= 0.6 is 12.4 Å². The van der Waals surface area contributed by atoms with Gasteiger partial charge in [0.2, 0.25) is 0 Å². The molecule has 0 spiro atoms. The topological polar surface area (TPSA) is 85.2 Å². The van der Waals surface area contributed by atoms with Crippen molar-refractivity contribution in [3.8, 4) is 0 Å². The summed E-state index contributed by atoms with van der Waals surface area (Å²) in [5, 5.41) is 10.6. The van der Waals surface area contributed by atoms with Gasteiger partial charge >= 0.3 is 5.97 Å². The molecule has 1 saturated heterocycles. The first-order valence-corrected chi connectivity index (χ1v) is 8.70. The van der Waals surface area contributed by atoms with Crippen LogP contribution in [-0.2, 0) is 15.1 Å². The second-order valence-corrected chi connectivity index (χ2v) is 6.64. The van der Waals surface area contributed by atoms with Crippen molar-refractivity contribution < 1.29 is 14.3 Å². The lowest BCUT2D eigenvalue weighted by molar-refractivity contribution is -0.126. The minimum Gasteiger partial charge on any atom is -0.465 e. The largest absolute Gasteiger partial charge is 0.465 e. The number of aromatic nitrogens is 2. The number of amides is 1. The van der Waals surface area contributed by atoms with Crippen LogP contribution in [0.1, 0.15) is 34.3 Å². The van der Waals surface area contributed by atoms with E-state index in [1.165, 1.54) is 7.11 Å². The fourth-order valence-electron chi connectivity index (χ4n) is 3.42. The zero-order valence-corrected chi connectivity index (χ0v) is 16.6. The van der Waals surface area contributed by atoms with E-state index in [0.717, 1.165) is 24.2 Å². The molecule has 0 aliphatic carbocycles. The molecule has 1 aromatic carbocycles. The number of halogens is 1. The Kier molecular flexibility index (Phi) is 6.62. The number of carbonyl (C=O) groups is 2. The minimum absolute atomic E-state index is 0. The van der Waals surface area contributed by atoms with Gasteiger partial charge in [-0.2, -0.15) is 5.10 Å². The molecule has 7 nitrogen and oxygen atoms in total. The number of rotatable bonds is 4. The molecule has 8 heteroatoms. The minimum atomic E-state index is -0.737. The summed E-state index contributed by atoms with van der Waals surface area (Å²) in [6.45, 7) is 5.26. The summed E-state index contributed by atoms with van der Waals surface area (Å²) in [5.74, 6) is -0.535. The van der Waals surface area contributed by atoms with Gasteiger partial charge in [0.25, 0.3) is 5.91 Å². The molecule has 0 bridgehead atoms. The number of ether oxygens (including phenoxy) is 1. The van der Waals surface area contributed by atoms with E-state index in [1.54, 1.807) is 16.9 Å². The molecule has 146 valence electrons. The Hall–Kier alpha value is -2.38. The summed E-state index contributed by atoms with van der Waals surface area (Å²) in [6, 6.07) is 5.36. The average Bonchev–Trinajstić information content (AvgIpc) is 3.19. The van der Waals surface area contributed by atoms with E-state index in [4.69, 9.17) is 4.74 Å². The van der Waals surface area contributed by atoms with Crippen molar-refractivity contribution in [2.75, 3.05) is 25.5 Å². The second kappa shape index (κ2) is 8.54. The van der Waals surface area contributed by atoms with Crippen LogP contribution in [0.25, 0.3) is 0 Å². The second-order valence-electron chi connectivity index (χ2n) is 6.64. The molecule has 3 rings (SSSR count). The lowest BCUT2D eigenvalue weighted by atomic mass is 9.87.